The van der Waals surface area contributed by atoms with E-state index in [4.69, 9.17) is 9.57 Å². The number of oxime groups is 1. The van der Waals surface area contributed by atoms with Crippen LogP contribution in [0.2, 0.25) is 0 Å². The summed E-state index contributed by atoms with van der Waals surface area (Å²) in [4.78, 5) is 54.7. The minimum atomic E-state index is -0.589. The van der Waals surface area contributed by atoms with Gasteiger partial charge in [-0.3, -0.25) is 19.2 Å². The SMILES string of the molecule is C/C(=N\OC(=O)N(CCOC=O)CCC1NCCC1=O)[C@H]1CC[C@H]2[C@@H]3CCC4=CC(=O)CC[C@]4(C)[C@H]3CC[C@]12C. The molecule has 0 spiro atoms. The summed E-state index contributed by atoms with van der Waals surface area (Å²) in [5, 5.41) is 7.53. The molecule has 9 nitrogen and oxygen atoms in total. The number of hydrogen-bond donors (Lipinski definition) is 1. The van der Waals surface area contributed by atoms with Gasteiger partial charge in [0.15, 0.2) is 11.6 Å². The second kappa shape index (κ2) is 11.7. The van der Waals surface area contributed by atoms with Crippen LogP contribution < -0.4 is 5.32 Å². The molecule has 1 saturated heterocycles. The molecule has 3 saturated carbocycles. The smallest absolute Gasteiger partial charge is 0.436 e. The zero-order chi connectivity index (χ0) is 28.5. The Morgan fingerprint density at radius 3 is 2.67 bits per heavy atom. The molecule has 1 amide bonds. The molecule has 5 aliphatic rings. The number of carbonyl (C=O) groups excluding carboxylic acids is 4. The molecule has 9 heteroatoms. The topological polar surface area (TPSA) is 114 Å². The highest BCUT2D eigenvalue weighted by Gasteiger charge is 2.59. The van der Waals surface area contributed by atoms with Crippen molar-refractivity contribution in [2.24, 2.45) is 39.7 Å². The normalized spacial score (nSPS) is 37.2. The van der Waals surface area contributed by atoms with Crippen molar-refractivity contribution in [3.8, 4) is 0 Å². The summed E-state index contributed by atoms with van der Waals surface area (Å²) < 4.78 is 4.81. The lowest BCUT2D eigenvalue weighted by Gasteiger charge is -2.58. The van der Waals surface area contributed by atoms with Gasteiger partial charge in [-0.15, -0.1) is 0 Å². The van der Waals surface area contributed by atoms with Crippen LogP contribution in [-0.2, 0) is 24.0 Å². The Kier molecular flexibility index (Phi) is 8.50. The number of Topliss-reactive ketones (excluding diaryl/α,β-unsaturated/α-hetero) is 1. The number of hydrogen-bond acceptors (Lipinski definition) is 8. The van der Waals surface area contributed by atoms with Gasteiger partial charge in [-0.05, 0) is 93.0 Å². The molecular formula is C31H45N3O6. The Bertz CT molecular complexity index is 1090. The fraction of sp³-hybridized carbons (Fsp3) is 0.774. The van der Waals surface area contributed by atoms with Crippen LogP contribution in [0.1, 0.15) is 85.0 Å². The Balaban J connectivity index is 1.23. The molecule has 5 rings (SSSR count). The first-order valence-electron chi connectivity index (χ1n) is 15.2. The van der Waals surface area contributed by atoms with Gasteiger partial charge in [0.2, 0.25) is 0 Å². The fourth-order valence-corrected chi connectivity index (χ4v) is 9.19. The van der Waals surface area contributed by atoms with E-state index in [0.29, 0.717) is 62.4 Å². The van der Waals surface area contributed by atoms with Crippen LogP contribution in [0.4, 0.5) is 4.79 Å². The second-order valence-corrected chi connectivity index (χ2v) is 13.2. The van der Waals surface area contributed by atoms with Crippen LogP contribution in [0.15, 0.2) is 16.8 Å². The van der Waals surface area contributed by atoms with Gasteiger partial charge >= 0.3 is 6.09 Å². The quantitative estimate of drug-likeness (QED) is 0.147. The number of carbonyl (C=O) groups is 4. The van der Waals surface area contributed by atoms with Crippen LogP contribution in [0.25, 0.3) is 0 Å². The van der Waals surface area contributed by atoms with E-state index >= 15 is 0 Å². The molecule has 40 heavy (non-hydrogen) atoms. The number of allylic oxidation sites excluding steroid dienone is 1. The van der Waals surface area contributed by atoms with Crippen molar-refractivity contribution >= 4 is 29.8 Å². The van der Waals surface area contributed by atoms with Crippen molar-refractivity contribution in [3.05, 3.63) is 11.6 Å². The molecule has 1 aliphatic heterocycles. The first-order chi connectivity index (χ1) is 19.2. The highest BCUT2D eigenvalue weighted by atomic mass is 16.7. The number of rotatable bonds is 9. The summed E-state index contributed by atoms with van der Waals surface area (Å²) in [5.41, 5.74) is 2.53. The highest BCUT2D eigenvalue weighted by Crippen LogP contribution is 2.66. The number of ketones is 2. The Hall–Kier alpha value is -2.55. The van der Waals surface area contributed by atoms with E-state index in [2.05, 4.69) is 24.3 Å². The first-order valence-corrected chi connectivity index (χ1v) is 15.2. The Morgan fingerprint density at radius 1 is 1.10 bits per heavy atom. The average molecular weight is 556 g/mol. The summed E-state index contributed by atoms with van der Waals surface area (Å²) in [6.07, 6.45) is 10.7. The van der Waals surface area contributed by atoms with Gasteiger partial charge in [0.25, 0.3) is 6.47 Å². The minimum Gasteiger partial charge on any atom is -0.466 e. The summed E-state index contributed by atoms with van der Waals surface area (Å²) in [6.45, 7) is 8.37. The van der Waals surface area contributed by atoms with Gasteiger partial charge in [-0.2, -0.15) is 0 Å². The third kappa shape index (κ3) is 5.38. The maximum atomic E-state index is 13.0. The van der Waals surface area contributed by atoms with Crippen LogP contribution in [-0.4, -0.2) is 67.0 Å². The molecule has 0 aromatic carbocycles. The average Bonchev–Trinajstić information content (AvgIpc) is 3.51. The molecule has 0 aromatic rings. The Morgan fingerprint density at radius 2 is 1.93 bits per heavy atom. The van der Waals surface area contributed by atoms with E-state index < -0.39 is 6.09 Å². The van der Waals surface area contributed by atoms with Crippen LogP contribution in [0.3, 0.4) is 0 Å². The van der Waals surface area contributed by atoms with E-state index in [1.54, 1.807) is 0 Å². The summed E-state index contributed by atoms with van der Waals surface area (Å²) >= 11 is 0. The second-order valence-electron chi connectivity index (χ2n) is 13.2. The van der Waals surface area contributed by atoms with E-state index in [1.807, 2.05) is 13.0 Å². The van der Waals surface area contributed by atoms with Gasteiger partial charge in [-0.25, -0.2) is 4.79 Å². The molecule has 1 unspecified atom stereocenters. The zero-order valence-electron chi connectivity index (χ0n) is 24.3. The lowest BCUT2D eigenvalue weighted by atomic mass is 9.46. The number of nitrogens with one attached hydrogen (secondary N) is 1. The number of nitrogens with zero attached hydrogens (tertiary/aromatic N) is 2. The van der Waals surface area contributed by atoms with Crippen molar-refractivity contribution in [1.29, 1.82) is 0 Å². The monoisotopic (exact) mass is 555 g/mol. The number of fused-ring (bicyclic) bond motifs is 5. The highest BCUT2D eigenvalue weighted by molar-refractivity contribution is 5.91. The maximum Gasteiger partial charge on any atom is 0.436 e. The van der Waals surface area contributed by atoms with Gasteiger partial charge in [0, 0.05) is 31.8 Å². The number of ether oxygens (including phenoxy) is 1. The van der Waals surface area contributed by atoms with Crippen LogP contribution >= 0.6 is 0 Å². The van der Waals surface area contributed by atoms with Gasteiger partial charge < -0.3 is 15.0 Å². The molecule has 1 N–H and O–H groups in total. The molecule has 0 bridgehead atoms. The third-order valence-electron chi connectivity index (χ3n) is 11.4. The molecule has 4 fully saturated rings. The maximum absolute atomic E-state index is 13.0. The molecule has 0 aromatic heterocycles. The van der Waals surface area contributed by atoms with Crippen LogP contribution in [0, 0.1) is 34.5 Å². The van der Waals surface area contributed by atoms with E-state index in [0.717, 1.165) is 44.2 Å². The summed E-state index contributed by atoms with van der Waals surface area (Å²) in [7, 11) is 0. The lowest BCUT2D eigenvalue weighted by molar-refractivity contribution is -0.129. The van der Waals surface area contributed by atoms with E-state index in [1.165, 1.54) is 16.9 Å². The predicted octanol–water partition coefficient (Wildman–Crippen LogP) is 4.44. The molecule has 7 atom stereocenters. The van der Waals surface area contributed by atoms with Gasteiger partial charge in [0.1, 0.15) is 6.61 Å². The van der Waals surface area contributed by atoms with Crippen LogP contribution in [0.5, 0.6) is 0 Å². The van der Waals surface area contributed by atoms with Crippen molar-refractivity contribution in [1.82, 2.24) is 10.2 Å². The fourth-order valence-electron chi connectivity index (χ4n) is 9.19. The van der Waals surface area contributed by atoms with E-state index in [9.17, 15) is 19.2 Å². The van der Waals surface area contributed by atoms with Crippen molar-refractivity contribution in [2.45, 2.75) is 91.0 Å². The zero-order valence-corrected chi connectivity index (χ0v) is 24.3. The van der Waals surface area contributed by atoms with E-state index in [-0.39, 0.29) is 41.7 Å². The predicted molar refractivity (Wildman–Crippen MR) is 149 cm³/mol. The van der Waals surface area contributed by atoms with Gasteiger partial charge in [0.05, 0.1) is 18.3 Å². The molecule has 0 radical (unpaired) electrons. The van der Waals surface area contributed by atoms with Gasteiger partial charge in [-0.1, -0.05) is 24.6 Å². The molecular weight excluding hydrogens is 510 g/mol. The van der Waals surface area contributed by atoms with Crippen molar-refractivity contribution in [3.63, 3.8) is 0 Å². The summed E-state index contributed by atoms with van der Waals surface area (Å²) in [6, 6.07) is -0.263. The Labute approximate surface area is 237 Å². The first kappa shape index (κ1) is 29.0. The largest absolute Gasteiger partial charge is 0.466 e. The van der Waals surface area contributed by atoms with Crippen molar-refractivity contribution < 1.29 is 28.8 Å². The number of amides is 1. The lowest BCUT2D eigenvalue weighted by Crippen LogP contribution is -2.51. The third-order valence-corrected chi connectivity index (χ3v) is 11.4. The molecule has 220 valence electrons. The minimum absolute atomic E-state index is 0.0578. The summed E-state index contributed by atoms with van der Waals surface area (Å²) in [5.74, 6) is 2.62. The molecule has 4 aliphatic carbocycles. The molecule has 1 heterocycles. The van der Waals surface area contributed by atoms with Crippen molar-refractivity contribution in [2.75, 3.05) is 26.2 Å². The standard InChI is InChI=1S/C31H45N3O6/c1-20(33-40-29(38)34(16-17-39-19-35)15-11-27-28(37)10-14-32-27)24-6-7-25-23-5-4-21-18-22(36)8-12-30(21,2)26(23)9-13-31(24,25)3/h18-19,23-27,32H,4-17H2,1-3H3/b33-20+/t23-,24+,25-,26-,27?,30-,31+/m0/s1.